The van der Waals surface area contributed by atoms with E-state index in [0.29, 0.717) is 0 Å². The van der Waals surface area contributed by atoms with Crippen molar-refractivity contribution >= 4 is 46.7 Å². The molecule has 3 aromatic carbocycles. The SMILES string of the molecule is COc1cccc2c(B3OC(C)(C)C(C)(C)O3)c3cccc(OC)c3c(B3OC(C)(C)C(C)(C)O3)c12. The third kappa shape index (κ3) is 3.57. The molecule has 0 atom stereocenters. The first kappa shape index (κ1) is 25.4. The summed E-state index contributed by atoms with van der Waals surface area (Å²) in [5.41, 5.74) is -0.169. The van der Waals surface area contributed by atoms with E-state index < -0.39 is 36.6 Å². The highest BCUT2D eigenvalue weighted by molar-refractivity contribution is 6.74. The molecule has 8 heteroatoms. The van der Waals surface area contributed by atoms with Crippen molar-refractivity contribution in [3.8, 4) is 11.5 Å². The van der Waals surface area contributed by atoms with Crippen LogP contribution in [0.5, 0.6) is 11.5 Å². The van der Waals surface area contributed by atoms with Crippen LogP contribution >= 0.6 is 0 Å². The molecule has 2 aliphatic heterocycles. The summed E-state index contributed by atoms with van der Waals surface area (Å²) in [6, 6.07) is 12.1. The number of methoxy groups -OCH3 is 2. The Morgan fingerprint density at radius 1 is 0.528 bits per heavy atom. The minimum Gasteiger partial charge on any atom is -0.496 e. The zero-order chi connectivity index (χ0) is 26.3. The molecule has 0 saturated carbocycles. The van der Waals surface area contributed by atoms with Gasteiger partial charge in [0, 0.05) is 16.2 Å². The first-order chi connectivity index (χ1) is 16.7. The van der Waals surface area contributed by atoms with Gasteiger partial charge in [0.05, 0.1) is 36.6 Å². The molecule has 0 aromatic heterocycles. The fourth-order valence-corrected chi connectivity index (χ4v) is 5.09. The van der Waals surface area contributed by atoms with Gasteiger partial charge in [-0.05, 0) is 83.8 Å². The number of fused-ring (bicyclic) bond motifs is 2. The molecule has 0 spiro atoms. The first-order valence-electron chi connectivity index (χ1n) is 12.5. The van der Waals surface area contributed by atoms with Crippen LogP contribution in [0.25, 0.3) is 21.5 Å². The molecule has 0 aliphatic carbocycles. The van der Waals surface area contributed by atoms with E-state index >= 15 is 0 Å². The summed E-state index contributed by atoms with van der Waals surface area (Å²) in [4.78, 5) is 0. The van der Waals surface area contributed by atoms with Crippen LogP contribution in [0, 0.1) is 0 Å². The van der Waals surface area contributed by atoms with Crippen LogP contribution in [0.1, 0.15) is 55.4 Å². The predicted molar refractivity (Wildman–Crippen MR) is 146 cm³/mol. The van der Waals surface area contributed by atoms with Crippen LogP contribution in [0.2, 0.25) is 0 Å². The van der Waals surface area contributed by atoms with Gasteiger partial charge in [-0.15, -0.1) is 0 Å². The Balaban J connectivity index is 1.91. The second-order valence-electron chi connectivity index (χ2n) is 11.8. The Bertz CT molecular complexity index is 1250. The number of ether oxygens (including phenoxy) is 2. The van der Waals surface area contributed by atoms with Gasteiger partial charge in [-0.2, -0.15) is 0 Å². The molecule has 190 valence electrons. The molecule has 2 saturated heterocycles. The van der Waals surface area contributed by atoms with Crippen LogP contribution in [-0.4, -0.2) is 50.9 Å². The lowest BCUT2D eigenvalue weighted by Crippen LogP contribution is -2.41. The molecule has 3 aromatic rings. The van der Waals surface area contributed by atoms with Gasteiger partial charge >= 0.3 is 14.2 Å². The smallest absolute Gasteiger partial charge is 0.496 e. The Hall–Kier alpha value is -2.25. The largest absolute Gasteiger partial charge is 0.496 e. The topological polar surface area (TPSA) is 55.4 Å². The van der Waals surface area contributed by atoms with Crippen molar-refractivity contribution in [2.24, 2.45) is 0 Å². The maximum atomic E-state index is 6.60. The lowest BCUT2D eigenvalue weighted by molar-refractivity contribution is 0.00578. The van der Waals surface area contributed by atoms with Gasteiger partial charge in [-0.3, -0.25) is 0 Å². The average molecular weight is 490 g/mol. The fourth-order valence-electron chi connectivity index (χ4n) is 5.09. The number of hydrogen-bond acceptors (Lipinski definition) is 6. The predicted octanol–water partition coefficient (Wildman–Crippen LogP) is 4.61. The molecule has 2 heterocycles. The average Bonchev–Trinajstić information content (AvgIpc) is 3.15. The first-order valence-corrected chi connectivity index (χ1v) is 12.5. The van der Waals surface area contributed by atoms with Gasteiger partial charge < -0.3 is 28.1 Å². The van der Waals surface area contributed by atoms with Crippen molar-refractivity contribution in [3.05, 3.63) is 36.4 Å². The molecular weight excluding hydrogens is 454 g/mol. The minimum absolute atomic E-state index is 0.488. The maximum Gasteiger partial charge on any atom is 0.496 e. The molecule has 0 unspecified atom stereocenters. The maximum absolute atomic E-state index is 6.60. The number of hydrogen-bond donors (Lipinski definition) is 0. The lowest BCUT2D eigenvalue weighted by Gasteiger charge is -2.32. The third-order valence-corrected chi connectivity index (χ3v) is 8.59. The third-order valence-electron chi connectivity index (χ3n) is 8.59. The summed E-state index contributed by atoms with van der Waals surface area (Å²) in [7, 11) is 2.17. The van der Waals surface area contributed by atoms with E-state index in [1.54, 1.807) is 14.2 Å². The Morgan fingerprint density at radius 2 is 0.861 bits per heavy atom. The van der Waals surface area contributed by atoms with E-state index in [0.717, 1.165) is 44.0 Å². The summed E-state index contributed by atoms with van der Waals surface area (Å²) in [6.07, 6.45) is 0. The normalized spacial score (nSPS) is 21.9. The Labute approximate surface area is 214 Å². The van der Waals surface area contributed by atoms with Gasteiger partial charge in [-0.1, -0.05) is 24.3 Å². The Kier molecular flexibility index (Phi) is 5.73. The molecule has 5 rings (SSSR count). The molecule has 0 bridgehead atoms. The van der Waals surface area contributed by atoms with Gasteiger partial charge in [0.25, 0.3) is 0 Å². The van der Waals surface area contributed by atoms with Crippen LogP contribution in [-0.2, 0) is 18.6 Å². The van der Waals surface area contributed by atoms with Crippen molar-refractivity contribution in [1.29, 1.82) is 0 Å². The van der Waals surface area contributed by atoms with Gasteiger partial charge in [0.15, 0.2) is 0 Å². The number of rotatable bonds is 4. The van der Waals surface area contributed by atoms with Crippen LogP contribution < -0.4 is 20.4 Å². The molecule has 2 fully saturated rings. The van der Waals surface area contributed by atoms with Crippen molar-refractivity contribution < 1.29 is 28.1 Å². The summed E-state index contributed by atoms with van der Waals surface area (Å²) in [5, 5.41) is 3.75. The van der Waals surface area contributed by atoms with Crippen LogP contribution in [0.15, 0.2) is 36.4 Å². The molecule has 2 aliphatic rings. The summed E-state index contributed by atoms with van der Waals surface area (Å²) in [5.74, 6) is 1.45. The van der Waals surface area contributed by atoms with Crippen molar-refractivity contribution in [2.75, 3.05) is 14.2 Å². The van der Waals surface area contributed by atoms with Crippen LogP contribution in [0.3, 0.4) is 0 Å². The van der Waals surface area contributed by atoms with Gasteiger partial charge in [-0.25, -0.2) is 0 Å². The van der Waals surface area contributed by atoms with Crippen LogP contribution in [0.4, 0.5) is 0 Å². The summed E-state index contributed by atoms with van der Waals surface area (Å²) in [6.45, 7) is 16.5. The van der Waals surface area contributed by atoms with Crippen molar-refractivity contribution in [2.45, 2.75) is 77.8 Å². The highest BCUT2D eigenvalue weighted by atomic mass is 16.7. The molecule has 6 nitrogen and oxygen atoms in total. The zero-order valence-corrected chi connectivity index (χ0v) is 23.1. The van der Waals surface area contributed by atoms with Crippen molar-refractivity contribution in [3.63, 3.8) is 0 Å². The summed E-state index contributed by atoms with van der Waals surface area (Å²) < 4.78 is 38.2. The second kappa shape index (κ2) is 8.12. The molecular formula is C28H36B2O6. The molecule has 36 heavy (non-hydrogen) atoms. The van der Waals surface area contributed by atoms with Crippen molar-refractivity contribution in [1.82, 2.24) is 0 Å². The Morgan fingerprint density at radius 3 is 1.19 bits per heavy atom. The molecule has 0 N–H and O–H groups in total. The monoisotopic (exact) mass is 490 g/mol. The van der Waals surface area contributed by atoms with E-state index in [9.17, 15) is 0 Å². The van der Waals surface area contributed by atoms with E-state index in [2.05, 4.69) is 67.5 Å². The van der Waals surface area contributed by atoms with Gasteiger partial charge in [0.1, 0.15) is 11.5 Å². The quantitative estimate of drug-likeness (QED) is 0.394. The highest BCUT2D eigenvalue weighted by Gasteiger charge is 2.55. The minimum atomic E-state index is -0.625. The van der Waals surface area contributed by atoms with E-state index in [1.807, 2.05) is 24.3 Å². The number of benzene rings is 3. The zero-order valence-electron chi connectivity index (χ0n) is 23.1. The summed E-state index contributed by atoms with van der Waals surface area (Å²) >= 11 is 0. The van der Waals surface area contributed by atoms with E-state index in [-0.39, 0.29) is 0 Å². The molecule has 0 amide bonds. The van der Waals surface area contributed by atoms with Gasteiger partial charge in [0.2, 0.25) is 0 Å². The van der Waals surface area contributed by atoms with E-state index in [4.69, 9.17) is 28.1 Å². The second-order valence-corrected chi connectivity index (χ2v) is 11.8. The van der Waals surface area contributed by atoms with E-state index in [1.165, 1.54) is 0 Å². The fraction of sp³-hybridized carbons (Fsp3) is 0.500. The molecule has 0 radical (unpaired) electrons. The standard InChI is InChI=1S/C28H36B2O6/c1-25(2)26(3,4)34-29(33-25)23-17-13-11-15-19(31-9)21(17)24(22-18(23)14-12-16-20(22)32-10)30-35-27(5,6)28(7,8)36-30/h11-16H,1-10H3. The lowest BCUT2D eigenvalue weighted by atomic mass is 9.66. The highest BCUT2D eigenvalue weighted by Crippen LogP contribution is 2.42.